The van der Waals surface area contributed by atoms with Gasteiger partial charge in [-0.25, -0.2) is 4.39 Å². The molecule has 1 aromatic rings. The van der Waals surface area contributed by atoms with E-state index in [4.69, 9.17) is 5.11 Å². The zero-order chi connectivity index (χ0) is 13.9. The first-order chi connectivity index (χ1) is 8.27. The predicted octanol–water partition coefficient (Wildman–Crippen LogP) is 1.62. The van der Waals surface area contributed by atoms with Crippen LogP contribution < -0.4 is 0 Å². The minimum Gasteiger partial charge on any atom is -0.396 e. The minimum absolute atomic E-state index is 0.267. The smallest absolute Gasteiger partial charge is 0.396 e. The molecule has 3 nitrogen and oxygen atoms in total. The zero-order valence-electron chi connectivity index (χ0n) is 9.15. The van der Waals surface area contributed by atoms with Gasteiger partial charge in [-0.15, -0.1) is 0 Å². The van der Waals surface area contributed by atoms with Gasteiger partial charge in [-0.1, -0.05) is 0 Å². The van der Waals surface area contributed by atoms with E-state index in [9.17, 15) is 27.8 Å². The maximum atomic E-state index is 13.3. The van der Waals surface area contributed by atoms with Crippen molar-refractivity contribution >= 4 is 0 Å². The van der Waals surface area contributed by atoms with E-state index in [-0.39, 0.29) is 6.42 Å². The van der Waals surface area contributed by atoms with Gasteiger partial charge in [0, 0.05) is 12.2 Å². The molecule has 7 heteroatoms. The molecule has 102 valence electrons. The lowest BCUT2D eigenvalue weighted by Crippen LogP contribution is -2.21. The van der Waals surface area contributed by atoms with E-state index >= 15 is 0 Å². The number of benzene rings is 1. The maximum absolute atomic E-state index is 13.3. The second-order valence-corrected chi connectivity index (χ2v) is 3.76. The number of aliphatic hydroxyl groups excluding tert-OH is 3. The Morgan fingerprint density at radius 1 is 1.17 bits per heavy atom. The van der Waals surface area contributed by atoms with Crippen molar-refractivity contribution in [2.24, 2.45) is 0 Å². The summed E-state index contributed by atoms with van der Waals surface area (Å²) in [6.07, 6.45) is -8.28. The number of rotatable bonds is 4. The molecule has 2 unspecified atom stereocenters. The van der Waals surface area contributed by atoms with Crippen molar-refractivity contribution < 1.29 is 32.9 Å². The predicted molar refractivity (Wildman–Crippen MR) is 54.1 cm³/mol. The molecule has 0 heterocycles. The summed E-state index contributed by atoms with van der Waals surface area (Å²) < 4.78 is 50.5. The average Bonchev–Trinajstić information content (AvgIpc) is 2.27. The van der Waals surface area contributed by atoms with Crippen LogP contribution in [0.2, 0.25) is 0 Å². The molecule has 0 aliphatic rings. The molecule has 0 radical (unpaired) electrons. The quantitative estimate of drug-likeness (QED) is 0.727. The molecule has 0 spiro atoms. The fraction of sp³-hybridized carbons (Fsp3) is 0.455. The molecule has 0 fully saturated rings. The molecule has 0 saturated carbocycles. The van der Waals surface area contributed by atoms with Gasteiger partial charge in [-0.2, -0.15) is 13.2 Å². The highest BCUT2D eigenvalue weighted by Gasteiger charge is 2.32. The van der Waals surface area contributed by atoms with E-state index in [0.29, 0.717) is 18.2 Å². The summed E-state index contributed by atoms with van der Waals surface area (Å²) >= 11 is 0. The normalized spacial score (nSPS) is 15.5. The Morgan fingerprint density at radius 2 is 1.78 bits per heavy atom. The summed E-state index contributed by atoms with van der Waals surface area (Å²) in [5.41, 5.74) is -1.76. The fourth-order valence-corrected chi connectivity index (χ4v) is 1.44. The molecule has 1 rings (SSSR count). The molecular formula is C11H12F4O3. The fourth-order valence-electron chi connectivity index (χ4n) is 1.44. The van der Waals surface area contributed by atoms with Gasteiger partial charge in [0.05, 0.1) is 11.7 Å². The van der Waals surface area contributed by atoms with Gasteiger partial charge in [0.1, 0.15) is 11.9 Å². The SMILES string of the molecule is OCCC(O)C(O)c1cc(C(F)(F)F)ccc1F. The Kier molecular flexibility index (Phi) is 4.66. The number of halogens is 4. The number of alkyl halides is 3. The van der Waals surface area contributed by atoms with Crippen molar-refractivity contribution in [2.75, 3.05) is 6.61 Å². The Morgan fingerprint density at radius 3 is 2.28 bits per heavy atom. The molecule has 0 aliphatic carbocycles. The van der Waals surface area contributed by atoms with Crippen LogP contribution in [0.3, 0.4) is 0 Å². The average molecular weight is 268 g/mol. The van der Waals surface area contributed by atoms with E-state index in [1.807, 2.05) is 0 Å². The Bertz CT molecular complexity index is 406. The summed E-state index contributed by atoms with van der Waals surface area (Å²) in [6.45, 7) is -0.473. The summed E-state index contributed by atoms with van der Waals surface area (Å²) in [6, 6.07) is 1.57. The van der Waals surface area contributed by atoms with Crippen LogP contribution in [0.5, 0.6) is 0 Å². The van der Waals surface area contributed by atoms with E-state index in [1.165, 1.54) is 0 Å². The zero-order valence-corrected chi connectivity index (χ0v) is 9.15. The van der Waals surface area contributed by atoms with Crippen LogP contribution in [-0.2, 0) is 6.18 Å². The summed E-state index contributed by atoms with van der Waals surface area (Å²) in [5, 5.41) is 27.4. The minimum atomic E-state index is -4.66. The summed E-state index contributed by atoms with van der Waals surface area (Å²) in [5.74, 6) is -1.05. The third-order valence-corrected chi connectivity index (χ3v) is 2.43. The number of hydrogen-bond donors (Lipinski definition) is 3. The Hall–Kier alpha value is -1.18. The van der Waals surface area contributed by atoms with E-state index in [0.717, 1.165) is 0 Å². The number of aliphatic hydroxyl groups is 3. The maximum Gasteiger partial charge on any atom is 0.416 e. The van der Waals surface area contributed by atoms with Gasteiger partial charge in [0.2, 0.25) is 0 Å². The molecule has 0 aromatic heterocycles. The first kappa shape index (κ1) is 14.9. The highest BCUT2D eigenvalue weighted by molar-refractivity contribution is 5.29. The highest BCUT2D eigenvalue weighted by atomic mass is 19.4. The first-order valence-corrected chi connectivity index (χ1v) is 5.11. The number of hydrogen-bond acceptors (Lipinski definition) is 3. The van der Waals surface area contributed by atoms with Crippen LogP contribution in [0.1, 0.15) is 23.7 Å². The van der Waals surface area contributed by atoms with Gasteiger partial charge >= 0.3 is 6.18 Å². The van der Waals surface area contributed by atoms with Crippen LogP contribution >= 0.6 is 0 Å². The van der Waals surface area contributed by atoms with Crippen LogP contribution in [0.4, 0.5) is 17.6 Å². The Labute approximate surface area is 100 Å². The lowest BCUT2D eigenvalue weighted by Gasteiger charge is -2.19. The van der Waals surface area contributed by atoms with Gasteiger partial charge in [0.15, 0.2) is 0 Å². The van der Waals surface area contributed by atoms with Gasteiger partial charge in [-0.05, 0) is 24.6 Å². The molecule has 0 amide bonds. The van der Waals surface area contributed by atoms with Gasteiger partial charge in [-0.3, -0.25) is 0 Å². The molecular weight excluding hydrogens is 256 g/mol. The van der Waals surface area contributed by atoms with Crippen LogP contribution in [0.25, 0.3) is 0 Å². The van der Waals surface area contributed by atoms with Crippen LogP contribution in [0.15, 0.2) is 18.2 Å². The molecule has 18 heavy (non-hydrogen) atoms. The lowest BCUT2D eigenvalue weighted by atomic mass is 9.99. The molecule has 0 saturated heterocycles. The monoisotopic (exact) mass is 268 g/mol. The summed E-state index contributed by atoms with van der Waals surface area (Å²) in [7, 11) is 0. The third-order valence-electron chi connectivity index (χ3n) is 2.43. The lowest BCUT2D eigenvalue weighted by molar-refractivity contribution is -0.137. The Balaban J connectivity index is 3.08. The van der Waals surface area contributed by atoms with Crippen molar-refractivity contribution in [3.8, 4) is 0 Å². The molecule has 0 aliphatic heterocycles. The second-order valence-electron chi connectivity index (χ2n) is 3.76. The van der Waals surface area contributed by atoms with Crippen LogP contribution in [0, 0.1) is 5.82 Å². The van der Waals surface area contributed by atoms with E-state index in [2.05, 4.69) is 0 Å². The molecule has 0 bridgehead atoms. The largest absolute Gasteiger partial charge is 0.416 e. The van der Waals surface area contributed by atoms with E-state index in [1.54, 1.807) is 0 Å². The second kappa shape index (κ2) is 5.64. The van der Waals surface area contributed by atoms with E-state index < -0.39 is 41.9 Å². The van der Waals surface area contributed by atoms with Crippen molar-refractivity contribution in [3.05, 3.63) is 35.1 Å². The highest BCUT2D eigenvalue weighted by Crippen LogP contribution is 2.32. The van der Waals surface area contributed by atoms with Crippen molar-refractivity contribution in [1.29, 1.82) is 0 Å². The van der Waals surface area contributed by atoms with Gasteiger partial charge < -0.3 is 15.3 Å². The topological polar surface area (TPSA) is 60.7 Å². The third kappa shape index (κ3) is 3.41. The van der Waals surface area contributed by atoms with Crippen molar-refractivity contribution in [1.82, 2.24) is 0 Å². The van der Waals surface area contributed by atoms with Gasteiger partial charge in [0.25, 0.3) is 0 Å². The summed E-state index contributed by atoms with van der Waals surface area (Å²) in [4.78, 5) is 0. The molecule has 3 N–H and O–H groups in total. The van der Waals surface area contributed by atoms with Crippen molar-refractivity contribution in [3.63, 3.8) is 0 Å². The molecule has 1 aromatic carbocycles. The molecule has 2 atom stereocenters. The first-order valence-electron chi connectivity index (χ1n) is 5.11. The van der Waals surface area contributed by atoms with Crippen molar-refractivity contribution in [2.45, 2.75) is 24.8 Å². The standard InChI is InChI=1S/C11H12F4O3/c12-8-2-1-6(11(13,14)15)5-7(8)10(18)9(17)3-4-16/h1-2,5,9-10,16-18H,3-4H2. The van der Waals surface area contributed by atoms with Crippen LogP contribution in [-0.4, -0.2) is 28.0 Å².